The fraction of sp³-hybridized carbons (Fsp3) is 0.343. The molecule has 1 aromatic heterocycles. The molecule has 0 radical (unpaired) electrons. The van der Waals surface area contributed by atoms with Crippen LogP contribution in [0.4, 0.5) is 17.3 Å². The summed E-state index contributed by atoms with van der Waals surface area (Å²) >= 11 is 0. The van der Waals surface area contributed by atoms with Gasteiger partial charge in [-0.3, -0.25) is 4.79 Å². The zero-order valence-electron chi connectivity index (χ0n) is 25.8. The van der Waals surface area contributed by atoms with Crippen LogP contribution < -0.4 is 24.8 Å². The second-order valence-corrected chi connectivity index (χ2v) is 10.9. The third-order valence-corrected chi connectivity index (χ3v) is 7.50. The van der Waals surface area contributed by atoms with Crippen molar-refractivity contribution in [2.75, 3.05) is 43.5 Å². The largest absolute Gasteiger partial charge is 0.493 e. The van der Waals surface area contributed by atoms with E-state index in [4.69, 9.17) is 14.2 Å². The van der Waals surface area contributed by atoms with Gasteiger partial charge in [0.25, 0.3) is 5.91 Å². The molecule has 5 rings (SSSR count). The number of hydrogen-bond donors (Lipinski definition) is 2. The van der Waals surface area contributed by atoms with Gasteiger partial charge >= 0.3 is 0 Å². The number of carbonyl (C=O) groups is 1. The molecule has 0 aliphatic carbocycles. The summed E-state index contributed by atoms with van der Waals surface area (Å²) in [5, 5.41) is 6.25. The SMILES string of the molecule is CCOc1ccccc1Oc1nc(Nc2cccc(OCCCN3CCCCC3)c2)ncc1C(=O)Nc1c(C)cccc1C. The molecule has 1 saturated heterocycles. The molecule has 2 heterocycles. The predicted octanol–water partition coefficient (Wildman–Crippen LogP) is 7.54. The molecule has 4 aromatic rings. The van der Waals surface area contributed by atoms with E-state index in [0.29, 0.717) is 24.7 Å². The summed E-state index contributed by atoms with van der Waals surface area (Å²) in [6.45, 7) is 10.4. The Morgan fingerprint density at radius 1 is 0.909 bits per heavy atom. The van der Waals surface area contributed by atoms with Gasteiger partial charge in [-0.05, 0) is 88.5 Å². The van der Waals surface area contributed by atoms with Crippen LogP contribution in [0.3, 0.4) is 0 Å². The Bertz CT molecular complexity index is 1530. The Hall–Kier alpha value is -4.63. The number of para-hydroxylation sites is 3. The number of likely N-dealkylation sites (tertiary alicyclic amines) is 1. The summed E-state index contributed by atoms with van der Waals surface area (Å²) in [4.78, 5) is 25.1. The number of benzene rings is 3. The molecule has 9 nitrogen and oxygen atoms in total. The molecule has 1 aliphatic rings. The van der Waals surface area contributed by atoms with Crippen molar-refractivity contribution >= 4 is 23.2 Å². The molecule has 44 heavy (non-hydrogen) atoms. The topological polar surface area (TPSA) is 97.8 Å². The highest BCUT2D eigenvalue weighted by Crippen LogP contribution is 2.33. The van der Waals surface area contributed by atoms with E-state index in [9.17, 15) is 4.79 Å². The van der Waals surface area contributed by atoms with Crippen LogP contribution in [0, 0.1) is 13.8 Å². The standard InChI is InChI=1S/C35H41N5O4/c1-4-42-30-17-6-7-18-31(30)44-34-29(33(41)38-32-25(2)13-10-14-26(32)3)24-36-35(39-34)37-27-15-11-16-28(23-27)43-22-12-21-40-19-8-5-9-20-40/h6-7,10-11,13-18,23-24H,4-5,8-9,12,19-22H2,1-3H3,(H,38,41)(H,36,37,39). The van der Waals surface area contributed by atoms with Crippen LogP contribution in [0.25, 0.3) is 0 Å². The average Bonchev–Trinajstić information content (AvgIpc) is 3.03. The number of ether oxygens (including phenoxy) is 3. The van der Waals surface area contributed by atoms with Gasteiger partial charge in [0.15, 0.2) is 11.5 Å². The molecule has 1 aliphatic heterocycles. The van der Waals surface area contributed by atoms with Gasteiger partial charge < -0.3 is 29.7 Å². The minimum Gasteiger partial charge on any atom is -0.493 e. The number of rotatable bonds is 13. The second kappa shape index (κ2) is 15.2. The first-order valence-corrected chi connectivity index (χ1v) is 15.4. The van der Waals surface area contributed by atoms with Crippen molar-refractivity contribution in [2.24, 2.45) is 0 Å². The number of amides is 1. The predicted molar refractivity (Wildman–Crippen MR) is 174 cm³/mol. The van der Waals surface area contributed by atoms with Gasteiger partial charge in [0, 0.05) is 30.2 Å². The lowest BCUT2D eigenvalue weighted by molar-refractivity contribution is 0.102. The molecule has 0 unspecified atom stereocenters. The van der Waals surface area contributed by atoms with Crippen LogP contribution in [-0.2, 0) is 0 Å². The zero-order chi connectivity index (χ0) is 30.7. The van der Waals surface area contributed by atoms with Crippen molar-refractivity contribution in [3.8, 4) is 23.1 Å². The minimum absolute atomic E-state index is 0.100. The van der Waals surface area contributed by atoms with E-state index in [1.807, 2.05) is 81.4 Å². The van der Waals surface area contributed by atoms with Gasteiger partial charge in [-0.25, -0.2) is 4.98 Å². The first-order valence-electron chi connectivity index (χ1n) is 15.4. The van der Waals surface area contributed by atoms with E-state index in [1.165, 1.54) is 38.5 Å². The Morgan fingerprint density at radius 2 is 1.66 bits per heavy atom. The molecule has 0 saturated carbocycles. The third kappa shape index (κ3) is 8.26. The molecule has 2 N–H and O–H groups in total. The van der Waals surface area contributed by atoms with Gasteiger partial charge in [0.1, 0.15) is 11.3 Å². The van der Waals surface area contributed by atoms with Gasteiger partial charge in [0.2, 0.25) is 11.8 Å². The Balaban J connectivity index is 1.33. The first kappa shape index (κ1) is 30.8. The van der Waals surface area contributed by atoms with Crippen molar-refractivity contribution in [3.05, 3.63) is 89.6 Å². The number of carbonyl (C=O) groups excluding carboxylic acids is 1. The smallest absolute Gasteiger partial charge is 0.262 e. The molecule has 1 fully saturated rings. The van der Waals surface area contributed by atoms with Crippen LogP contribution in [0.15, 0.2) is 72.9 Å². The first-order chi connectivity index (χ1) is 21.5. The molecule has 3 aromatic carbocycles. The number of piperidine rings is 1. The third-order valence-electron chi connectivity index (χ3n) is 7.50. The van der Waals surface area contributed by atoms with Crippen LogP contribution in [0.5, 0.6) is 23.1 Å². The van der Waals surface area contributed by atoms with Crippen molar-refractivity contribution in [1.29, 1.82) is 0 Å². The second-order valence-electron chi connectivity index (χ2n) is 10.9. The number of aryl methyl sites for hydroxylation is 2. The van der Waals surface area contributed by atoms with Crippen molar-refractivity contribution < 1.29 is 19.0 Å². The summed E-state index contributed by atoms with van der Waals surface area (Å²) in [6, 6.07) is 20.8. The lowest BCUT2D eigenvalue weighted by atomic mass is 10.1. The summed E-state index contributed by atoms with van der Waals surface area (Å²) in [6.07, 6.45) is 6.38. The maximum atomic E-state index is 13.5. The fourth-order valence-corrected chi connectivity index (χ4v) is 5.22. The lowest BCUT2D eigenvalue weighted by Crippen LogP contribution is -2.31. The van der Waals surface area contributed by atoms with E-state index < -0.39 is 0 Å². The van der Waals surface area contributed by atoms with E-state index in [0.717, 1.165) is 41.2 Å². The highest BCUT2D eigenvalue weighted by atomic mass is 16.5. The summed E-state index contributed by atoms with van der Waals surface area (Å²) in [5.74, 6) is 1.76. The molecule has 230 valence electrons. The molecular weight excluding hydrogens is 554 g/mol. The van der Waals surface area contributed by atoms with Crippen molar-refractivity contribution in [3.63, 3.8) is 0 Å². The van der Waals surface area contributed by atoms with Crippen LogP contribution in [-0.4, -0.2) is 53.6 Å². The number of nitrogens with zero attached hydrogens (tertiary/aromatic N) is 3. The normalized spacial score (nSPS) is 13.2. The summed E-state index contributed by atoms with van der Waals surface area (Å²) < 4.78 is 18.0. The molecule has 0 bridgehead atoms. The highest BCUT2D eigenvalue weighted by molar-refractivity contribution is 6.06. The van der Waals surface area contributed by atoms with E-state index >= 15 is 0 Å². The summed E-state index contributed by atoms with van der Waals surface area (Å²) in [5.41, 5.74) is 3.60. The van der Waals surface area contributed by atoms with Gasteiger partial charge in [-0.15, -0.1) is 0 Å². The van der Waals surface area contributed by atoms with Crippen LogP contribution in [0.1, 0.15) is 54.1 Å². The van der Waals surface area contributed by atoms with Crippen LogP contribution >= 0.6 is 0 Å². The highest BCUT2D eigenvalue weighted by Gasteiger charge is 2.20. The van der Waals surface area contributed by atoms with Gasteiger partial charge in [-0.1, -0.05) is 42.8 Å². The van der Waals surface area contributed by atoms with Crippen molar-refractivity contribution in [2.45, 2.75) is 46.5 Å². The maximum Gasteiger partial charge on any atom is 0.262 e. The maximum absolute atomic E-state index is 13.5. The Morgan fingerprint density at radius 3 is 2.43 bits per heavy atom. The van der Waals surface area contributed by atoms with Crippen molar-refractivity contribution in [1.82, 2.24) is 14.9 Å². The molecule has 9 heteroatoms. The number of hydrogen-bond acceptors (Lipinski definition) is 8. The lowest BCUT2D eigenvalue weighted by Gasteiger charge is -2.26. The molecule has 1 amide bonds. The monoisotopic (exact) mass is 595 g/mol. The average molecular weight is 596 g/mol. The quantitative estimate of drug-likeness (QED) is 0.153. The van der Waals surface area contributed by atoms with E-state index in [-0.39, 0.29) is 23.3 Å². The minimum atomic E-state index is -0.377. The Labute approximate surface area is 259 Å². The fourth-order valence-electron chi connectivity index (χ4n) is 5.22. The number of aromatic nitrogens is 2. The zero-order valence-corrected chi connectivity index (χ0v) is 25.8. The van der Waals surface area contributed by atoms with Crippen LogP contribution in [0.2, 0.25) is 0 Å². The van der Waals surface area contributed by atoms with E-state index in [2.05, 4.69) is 25.5 Å². The molecular formula is C35H41N5O4. The Kier molecular flexibility index (Phi) is 10.6. The summed E-state index contributed by atoms with van der Waals surface area (Å²) in [7, 11) is 0. The number of nitrogens with one attached hydrogen (secondary N) is 2. The van der Waals surface area contributed by atoms with Gasteiger partial charge in [0.05, 0.1) is 13.2 Å². The molecule has 0 atom stereocenters. The van der Waals surface area contributed by atoms with E-state index in [1.54, 1.807) is 6.07 Å². The number of anilines is 3. The molecule has 0 spiro atoms. The van der Waals surface area contributed by atoms with Gasteiger partial charge in [-0.2, -0.15) is 4.98 Å².